The molecule has 2 unspecified atom stereocenters. The van der Waals surface area contributed by atoms with Crippen molar-refractivity contribution in [2.24, 2.45) is 16.6 Å². The zero-order chi connectivity index (χ0) is 27.0. The van der Waals surface area contributed by atoms with Gasteiger partial charge in [0.1, 0.15) is 12.6 Å². The van der Waals surface area contributed by atoms with E-state index in [1.165, 1.54) is 4.90 Å². The van der Waals surface area contributed by atoms with Gasteiger partial charge in [-0.05, 0) is 35.7 Å². The molecule has 1 fully saturated rings. The quantitative estimate of drug-likeness (QED) is 0.210. The van der Waals surface area contributed by atoms with E-state index in [0.717, 1.165) is 11.1 Å². The molecule has 5 rings (SSSR count). The number of aliphatic imine (C=N–C) groups is 1. The summed E-state index contributed by atoms with van der Waals surface area (Å²) in [6, 6.07) is 12.6. The molecule has 2 atom stereocenters. The minimum absolute atomic E-state index is 0.0761. The van der Waals surface area contributed by atoms with Crippen LogP contribution in [0.5, 0.6) is 0 Å². The van der Waals surface area contributed by atoms with Crippen LogP contribution in [0.3, 0.4) is 0 Å². The molecular formula is C27H31N8O3+. The number of benzene rings is 2. The van der Waals surface area contributed by atoms with Crippen LogP contribution in [0.2, 0.25) is 0 Å². The summed E-state index contributed by atoms with van der Waals surface area (Å²) in [4.78, 5) is 39.9. The lowest BCUT2D eigenvalue weighted by atomic mass is 9.96. The Kier molecular flexibility index (Phi) is 6.50. The number of rotatable bonds is 3. The molecule has 3 aromatic rings. The second kappa shape index (κ2) is 9.79. The van der Waals surface area contributed by atoms with Crippen LogP contribution in [0.1, 0.15) is 25.0 Å². The van der Waals surface area contributed by atoms with Gasteiger partial charge in [-0.1, -0.05) is 38.1 Å². The van der Waals surface area contributed by atoms with E-state index < -0.39 is 6.09 Å². The van der Waals surface area contributed by atoms with Crippen molar-refractivity contribution in [3.8, 4) is 6.19 Å². The Morgan fingerprint density at radius 1 is 1.26 bits per heavy atom. The fraction of sp³-hybridized carbons (Fsp3) is 0.370. The monoisotopic (exact) mass is 515 g/mol. The zero-order valence-electron chi connectivity index (χ0n) is 21.5. The number of para-hydroxylation sites is 1. The molecule has 0 bridgehead atoms. The molecule has 1 aromatic heterocycles. The molecule has 196 valence electrons. The third-order valence-electron chi connectivity index (χ3n) is 7.70. The van der Waals surface area contributed by atoms with Gasteiger partial charge in [-0.3, -0.25) is 9.78 Å². The summed E-state index contributed by atoms with van der Waals surface area (Å²) >= 11 is 0. The smallest absolute Gasteiger partial charge is 0.407 e. The first-order valence-electron chi connectivity index (χ1n) is 12.7. The number of quaternary nitrogens is 1. The standard InChI is InChI=1S/C27H30N8O3/c1-17(2)23-15-33(26-31-22-8-4-3-7-20(22)24(36)32-26)12-13-35(23,16-28)25(29)30-21-9-5-6-18-14-34(27(37)38)11-10-19(18)21/h3-9,17,23H,10-15H2,1-2H3,(H3-,29,30,31,32,36,37,38)/p+1. The average Bonchev–Trinajstić information content (AvgIpc) is 2.92. The largest absolute Gasteiger partial charge is 0.465 e. The fourth-order valence-corrected chi connectivity index (χ4v) is 5.57. The number of nitriles is 1. The fourth-order valence-electron chi connectivity index (χ4n) is 5.57. The van der Waals surface area contributed by atoms with Crippen molar-refractivity contribution in [2.45, 2.75) is 32.9 Å². The summed E-state index contributed by atoms with van der Waals surface area (Å²) in [5.41, 5.74) is 9.60. The van der Waals surface area contributed by atoms with Crippen LogP contribution in [0.4, 0.5) is 16.4 Å². The maximum Gasteiger partial charge on any atom is 0.407 e. The Morgan fingerprint density at radius 2 is 2.05 bits per heavy atom. The van der Waals surface area contributed by atoms with Crippen LogP contribution >= 0.6 is 0 Å². The van der Waals surface area contributed by atoms with Crippen molar-refractivity contribution in [3.63, 3.8) is 0 Å². The van der Waals surface area contributed by atoms with Gasteiger partial charge < -0.3 is 20.6 Å². The van der Waals surface area contributed by atoms with Gasteiger partial charge in [-0.25, -0.2) is 9.78 Å². The van der Waals surface area contributed by atoms with E-state index in [1.54, 1.807) is 6.07 Å². The summed E-state index contributed by atoms with van der Waals surface area (Å²) in [5, 5.41) is 20.4. The summed E-state index contributed by atoms with van der Waals surface area (Å²) < 4.78 is -0.142. The van der Waals surface area contributed by atoms with Gasteiger partial charge in [-0.15, -0.1) is 5.26 Å². The van der Waals surface area contributed by atoms with E-state index in [4.69, 9.17) is 10.7 Å². The van der Waals surface area contributed by atoms with Gasteiger partial charge in [-0.2, -0.15) is 9.48 Å². The van der Waals surface area contributed by atoms with Crippen LogP contribution in [-0.2, 0) is 13.0 Å². The van der Waals surface area contributed by atoms with Crippen LogP contribution in [0.25, 0.3) is 10.9 Å². The number of aromatic nitrogens is 2. The molecule has 0 spiro atoms. The predicted molar refractivity (Wildman–Crippen MR) is 144 cm³/mol. The SMILES string of the molecule is CC(C)C1CN(c2nc3ccccc3c(=O)[nH]2)CC[N+]1(C#N)C(N)=Nc1cccc2c1CCN(C(=O)O)C2. The molecule has 4 N–H and O–H groups in total. The number of nitrogens with two attached hydrogens (primary N) is 1. The van der Waals surface area contributed by atoms with Gasteiger partial charge in [0.25, 0.3) is 5.56 Å². The number of fused-ring (bicyclic) bond motifs is 2. The minimum atomic E-state index is -0.946. The van der Waals surface area contributed by atoms with Gasteiger partial charge in [0, 0.05) is 19.0 Å². The first-order valence-corrected chi connectivity index (χ1v) is 12.7. The minimum Gasteiger partial charge on any atom is -0.465 e. The number of H-pyrrole nitrogens is 1. The lowest BCUT2D eigenvalue weighted by molar-refractivity contribution is -0.809. The second-order valence-electron chi connectivity index (χ2n) is 10.2. The van der Waals surface area contributed by atoms with E-state index in [1.807, 2.05) is 55.1 Å². The Hall–Kier alpha value is -4.43. The highest BCUT2D eigenvalue weighted by molar-refractivity contribution is 5.79. The van der Waals surface area contributed by atoms with Gasteiger partial charge >= 0.3 is 18.2 Å². The van der Waals surface area contributed by atoms with E-state index in [2.05, 4.69) is 16.2 Å². The lowest BCUT2D eigenvalue weighted by Crippen LogP contribution is -2.69. The Balaban J connectivity index is 1.48. The first-order chi connectivity index (χ1) is 18.2. The van der Waals surface area contributed by atoms with Gasteiger partial charge in [0.05, 0.1) is 29.7 Å². The second-order valence-corrected chi connectivity index (χ2v) is 10.2. The molecule has 0 aliphatic carbocycles. The van der Waals surface area contributed by atoms with Crippen molar-refractivity contribution in [1.82, 2.24) is 14.9 Å². The maximum atomic E-state index is 12.7. The number of carbonyl (C=O) groups is 1. The number of nitrogens with zero attached hydrogens (tertiary/aromatic N) is 6. The summed E-state index contributed by atoms with van der Waals surface area (Å²) in [5.74, 6) is 0.762. The van der Waals surface area contributed by atoms with E-state index >= 15 is 0 Å². The average molecular weight is 516 g/mol. The molecule has 11 nitrogen and oxygen atoms in total. The van der Waals surface area contributed by atoms with Crippen molar-refractivity contribution in [3.05, 3.63) is 63.9 Å². The van der Waals surface area contributed by atoms with Crippen LogP contribution in [0.15, 0.2) is 52.3 Å². The molecule has 2 aromatic carbocycles. The molecule has 0 saturated carbocycles. The third kappa shape index (κ3) is 4.33. The van der Waals surface area contributed by atoms with E-state index in [-0.39, 0.29) is 28.0 Å². The Morgan fingerprint density at radius 3 is 2.79 bits per heavy atom. The molecule has 38 heavy (non-hydrogen) atoms. The molecule has 0 radical (unpaired) electrons. The number of hydrogen-bond acceptors (Lipinski definition) is 6. The first kappa shape index (κ1) is 25.2. The van der Waals surface area contributed by atoms with E-state index in [9.17, 15) is 20.0 Å². The number of hydrogen-bond donors (Lipinski definition) is 3. The number of aromatic amines is 1. The van der Waals surface area contributed by atoms with E-state index in [0.29, 0.717) is 61.7 Å². The van der Waals surface area contributed by atoms with Crippen molar-refractivity contribution in [2.75, 3.05) is 31.1 Å². The molecule has 2 aliphatic heterocycles. The highest BCUT2D eigenvalue weighted by atomic mass is 16.4. The zero-order valence-corrected chi connectivity index (χ0v) is 21.5. The molecule has 11 heteroatoms. The number of carboxylic acid groups (broad SMARTS) is 1. The normalized spacial score (nSPS) is 21.8. The lowest BCUT2D eigenvalue weighted by Gasteiger charge is -2.44. The number of guanidine groups is 1. The summed E-state index contributed by atoms with van der Waals surface area (Å²) in [6.45, 7) is 6.06. The highest BCUT2D eigenvalue weighted by Crippen LogP contribution is 2.32. The molecule has 2 aliphatic rings. The Bertz CT molecular complexity index is 1520. The van der Waals surface area contributed by atoms with Crippen molar-refractivity contribution >= 4 is 34.6 Å². The maximum absolute atomic E-state index is 12.7. The number of nitrogens with one attached hydrogen (secondary N) is 1. The summed E-state index contributed by atoms with van der Waals surface area (Å²) in [7, 11) is 0. The van der Waals surface area contributed by atoms with Crippen molar-refractivity contribution in [1.29, 1.82) is 5.26 Å². The predicted octanol–water partition coefficient (Wildman–Crippen LogP) is 2.75. The van der Waals surface area contributed by atoms with Crippen LogP contribution < -0.4 is 16.2 Å². The Labute approximate surface area is 220 Å². The van der Waals surface area contributed by atoms with Gasteiger partial charge in [0.2, 0.25) is 5.95 Å². The number of amides is 1. The van der Waals surface area contributed by atoms with Crippen LogP contribution in [0, 0.1) is 17.4 Å². The topological polar surface area (TPSA) is 152 Å². The molecule has 1 saturated heterocycles. The van der Waals surface area contributed by atoms with Gasteiger partial charge in [0.15, 0.2) is 0 Å². The number of piperazine rings is 1. The molecule has 3 heterocycles. The van der Waals surface area contributed by atoms with Crippen molar-refractivity contribution < 1.29 is 14.4 Å². The molecular weight excluding hydrogens is 484 g/mol. The molecule has 1 amide bonds. The number of anilines is 1. The summed E-state index contributed by atoms with van der Waals surface area (Å²) in [6.07, 6.45) is 2.05. The third-order valence-corrected chi connectivity index (χ3v) is 7.70. The highest BCUT2D eigenvalue weighted by Gasteiger charge is 2.49. The van der Waals surface area contributed by atoms with Crippen LogP contribution in [-0.4, -0.2) is 68.7 Å².